The molecule has 8 aliphatic heterocycles. The predicted molar refractivity (Wildman–Crippen MR) is 482 cm³/mol. The van der Waals surface area contributed by atoms with Crippen LogP contribution in [0.1, 0.15) is 160 Å². The number of nitrogens with one attached hydrogen (secondary N) is 9. The predicted octanol–water partition coefficient (Wildman–Crippen LogP) is 3.69. The molecule has 0 aliphatic carbocycles. The summed E-state index contributed by atoms with van der Waals surface area (Å²) in [5, 5.41) is 152. The first kappa shape index (κ1) is 100. The first-order valence-electron chi connectivity index (χ1n) is 44.4. The summed E-state index contributed by atoms with van der Waals surface area (Å²) in [6.07, 6.45) is -14.1. The second kappa shape index (κ2) is 45.1. The quantitative estimate of drug-likeness (QED) is 0.0245. The average molecular weight is 1920 g/mol. The Hall–Kier alpha value is -12.0. The lowest BCUT2D eigenvalue weighted by atomic mass is 9.89. The van der Waals surface area contributed by atoms with Gasteiger partial charge in [-0.15, -0.1) is 0 Å². The summed E-state index contributed by atoms with van der Waals surface area (Å²) < 4.78 is 50.1. The van der Waals surface area contributed by atoms with Crippen molar-refractivity contribution in [3.63, 3.8) is 0 Å². The maximum Gasteiger partial charge on any atom is 0.337 e. The van der Waals surface area contributed by atoms with Gasteiger partial charge in [0.1, 0.15) is 131 Å². The van der Waals surface area contributed by atoms with Gasteiger partial charge in [0.15, 0.2) is 29.1 Å². The molecule has 2 saturated heterocycles. The van der Waals surface area contributed by atoms with Crippen LogP contribution in [0.3, 0.4) is 0 Å². The minimum absolute atomic E-state index is 0.123. The van der Waals surface area contributed by atoms with Gasteiger partial charge >= 0.3 is 5.97 Å². The third-order valence-corrected chi connectivity index (χ3v) is 24.9. The largest absolute Gasteiger partial charge is 0.508 e. The van der Waals surface area contributed by atoms with E-state index in [-0.39, 0.29) is 47.8 Å². The van der Waals surface area contributed by atoms with Crippen molar-refractivity contribution in [2.45, 2.75) is 201 Å². The van der Waals surface area contributed by atoms with Crippen LogP contribution in [-0.4, -0.2) is 248 Å². The number of aliphatic hydroxyl groups is 7. The Balaban J connectivity index is 1.03. The SMILES string of the molecule is CN[C@@H]1C(=O)N[C@@H]2Cc3ccc(cc3)Oc3cc4cc(c3O[C@@H]3O[C@H](C(=O)OC)[C@@H](O)[C@H](O)[C@H]3NC(=O)CCCCCCCCC(C)C)Oc3ccc(cc3Cl)[C@@H](O)[C@@H]3NC(=O)[C@H](NC(=O)[C@@H]4NC(=O)[C@@H](NC2=O)c2cc(cc(O)c2Cl)Oc2cc1ccc2O)c1ccc(O)c(c1)-c1c(O[C@H]2O[C@H](CO)[C@@H](O)[C@H](O)[C@@H]2O)cc(O)cc1[C@@H](C(=O)NCCCN(CCCN)CCCN)NC3=O. The van der Waals surface area contributed by atoms with E-state index in [1.54, 1.807) is 0 Å². The molecular weight excluding hydrogens is 1800 g/mol. The molecule has 0 spiro atoms. The lowest BCUT2D eigenvalue weighted by Crippen LogP contribution is -2.66. The van der Waals surface area contributed by atoms with Crippen LogP contribution in [0.4, 0.5) is 0 Å². The molecule has 15 rings (SSSR count). The number of likely N-dealkylation sites (N-methyl/N-ethyl adjacent to an activating group) is 1. The number of benzene rings is 7. The number of esters is 1. The molecule has 17 bridgehead atoms. The van der Waals surface area contributed by atoms with Crippen LogP contribution in [0.15, 0.2) is 115 Å². The normalized spacial score (nSPS) is 25.1. The number of aliphatic hydroxyl groups excluding tert-OH is 7. The van der Waals surface area contributed by atoms with Gasteiger partial charge in [0.05, 0.1) is 23.8 Å². The highest BCUT2D eigenvalue weighted by Gasteiger charge is 2.52. The number of hydrogen-bond donors (Lipinski definition) is 22. The van der Waals surface area contributed by atoms with Gasteiger partial charge in [0.2, 0.25) is 65.6 Å². The van der Waals surface area contributed by atoms with Crippen molar-refractivity contribution in [2.24, 2.45) is 17.4 Å². The third kappa shape index (κ3) is 23.6. The number of unbranched alkanes of at least 4 members (excludes halogenated alkanes) is 5. The van der Waals surface area contributed by atoms with E-state index in [1.807, 2.05) is 0 Å². The maximum absolute atomic E-state index is 17.0. The van der Waals surface area contributed by atoms with Gasteiger partial charge in [0.25, 0.3) is 0 Å². The van der Waals surface area contributed by atoms with Crippen LogP contribution >= 0.6 is 23.2 Å². The average Bonchev–Trinajstić information content (AvgIpc) is 0.755. The third-order valence-electron chi connectivity index (χ3n) is 24.2. The minimum atomic E-state index is -2.45. The molecule has 8 aliphatic rings. The van der Waals surface area contributed by atoms with Gasteiger partial charge in [-0.25, -0.2) is 4.79 Å². The highest BCUT2D eigenvalue weighted by molar-refractivity contribution is 6.33. The summed E-state index contributed by atoms with van der Waals surface area (Å²) in [4.78, 5) is 142. The van der Waals surface area contributed by atoms with Crippen molar-refractivity contribution < 1.29 is 137 Å². The number of phenolic OH excluding ortho intramolecular Hbond substituents is 4. The van der Waals surface area contributed by atoms with E-state index in [1.165, 1.54) is 55.6 Å². The smallest absolute Gasteiger partial charge is 0.337 e. The Morgan fingerprint density at radius 3 is 1.88 bits per heavy atom. The highest BCUT2D eigenvalue weighted by atomic mass is 35.5. The topological polar surface area (TPSA) is 614 Å². The van der Waals surface area contributed by atoms with Gasteiger partial charge in [-0.1, -0.05) is 106 Å². The summed E-state index contributed by atoms with van der Waals surface area (Å²) >= 11 is 14.4. The molecule has 7 aromatic carbocycles. The van der Waals surface area contributed by atoms with Crippen LogP contribution < -0.4 is 83.0 Å². The molecule has 2 fully saturated rings. The Morgan fingerprint density at radius 1 is 0.556 bits per heavy atom. The maximum atomic E-state index is 17.0. The van der Waals surface area contributed by atoms with E-state index < -0.39 is 271 Å². The molecule has 0 radical (unpaired) electrons. The van der Waals surface area contributed by atoms with E-state index in [2.05, 4.69) is 66.6 Å². The van der Waals surface area contributed by atoms with E-state index in [9.17, 15) is 70.6 Å². The van der Waals surface area contributed by atoms with Crippen LogP contribution in [-0.2, 0) is 63.8 Å². The number of carbonyl (C=O) groups excluding carboxylic acids is 9. The summed E-state index contributed by atoms with van der Waals surface area (Å²) in [5.74, 6) is -16.7. The lowest BCUT2D eigenvalue weighted by Gasteiger charge is -2.41. The van der Waals surface area contributed by atoms with Gasteiger partial charge in [-0.3, -0.25) is 38.4 Å². The van der Waals surface area contributed by atoms with Crippen LogP contribution in [0.5, 0.6) is 69.0 Å². The van der Waals surface area contributed by atoms with E-state index in [4.69, 9.17) is 72.6 Å². The number of methoxy groups -OCH3 is 1. The number of amides is 8. The van der Waals surface area contributed by atoms with E-state index in [0.29, 0.717) is 69.9 Å². The molecule has 0 aromatic heterocycles. The monoisotopic (exact) mass is 1910 g/mol. The molecule has 42 heteroatoms. The molecule has 0 saturated carbocycles. The van der Waals surface area contributed by atoms with Crippen molar-refractivity contribution in [3.8, 4) is 80.1 Å². The van der Waals surface area contributed by atoms with Gasteiger partial charge in [0, 0.05) is 48.2 Å². The van der Waals surface area contributed by atoms with Crippen molar-refractivity contribution in [3.05, 3.63) is 164 Å². The van der Waals surface area contributed by atoms with Crippen molar-refractivity contribution in [2.75, 3.05) is 60.0 Å². The zero-order valence-corrected chi connectivity index (χ0v) is 75.6. The first-order valence-corrected chi connectivity index (χ1v) is 45.2. The molecule has 8 amide bonds. The lowest BCUT2D eigenvalue weighted by molar-refractivity contribution is -0.277. The second-order valence-electron chi connectivity index (χ2n) is 34.2. The molecule has 7 aromatic rings. The van der Waals surface area contributed by atoms with Crippen LogP contribution in [0, 0.1) is 5.92 Å². The number of halogens is 2. The van der Waals surface area contributed by atoms with Gasteiger partial charge < -0.3 is 158 Å². The Kier molecular flexibility index (Phi) is 33.6. The summed E-state index contributed by atoms with van der Waals surface area (Å²) in [6.45, 7) is 5.41. The zero-order chi connectivity index (χ0) is 96.9. The fourth-order valence-electron chi connectivity index (χ4n) is 16.9. The molecular formula is C93H112Cl2N12O28. The molecule has 18 atom stereocenters. The summed E-state index contributed by atoms with van der Waals surface area (Å²) in [5.41, 5.74) is 9.12. The van der Waals surface area contributed by atoms with Crippen LogP contribution in [0.2, 0.25) is 10.0 Å². The number of nitrogens with two attached hydrogens (primary N) is 2. The fourth-order valence-corrected chi connectivity index (χ4v) is 17.3. The van der Waals surface area contributed by atoms with E-state index >= 15 is 28.8 Å². The number of hydrogen-bond acceptors (Lipinski definition) is 32. The first-order chi connectivity index (χ1) is 64.7. The number of aromatic hydroxyl groups is 4. The summed E-state index contributed by atoms with van der Waals surface area (Å²) in [7, 11) is 2.40. The van der Waals surface area contributed by atoms with Crippen molar-refractivity contribution >= 4 is 76.4 Å². The van der Waals surface area contributed by atoms with Gasteiger partial charge in [-0.2, -0.15) is 0 Å². The molecule has 0 unspecified atom stereocenters. The summed E-state index contributed by atoms with van der Waals surface area (Å²) in [6, 6.07) is 5.94. The zero-order valence-electron chi connectivity index (χ0n) is 74.1. The number of rotatable bonds is 28. The molecule has 726 valence electrons. The number of ether oxygens (including phenoxy) is 8. The second-order valence-corrected chi connectivity index (χ2v) is 35.0. The fraction of sp³-hybridized carbons (Fsp3) is 0.452. The Morgan fingerprint density at radius 2 is 1.19 bits per heavy atom. The standard InChI is InChI=1S/C93H112Cl2N12O28/c1-43(2)14-9-7-5-6-8-10-15-66(113)101-75-78(116)80(118)83(91(127)128-4)135-92(75)134-82-63-36-48-37-64(82)131-60-25-20-47(34-55(60)94)76(114)74-90(126)105-72(85(121)99-28-13-31-107(29-11-26-96)30-12-27-97)53-38-49(109)39-62(132-93-81(119)79(117)77(115)65(42-108)133-93)67(53)52-33-45(18-23-57(52)110)70(87(123)106-74)102-88(124)71(48)103-89(125)73-54-40-51(41-59(112)68(54)95)130-61-35-46(19-24-58(61)111)69(98-3)86(122)100-56(84(120)104-73)32-44-16-21-50(129-63)22-17-44/h16-25,33-41,43,56,65,69-81,83,92-93,98,108-112,114-119H,5-15,26-32,42,96-97H2,1-4H3,(H,99,121)(H,100,122)(H,101,113)(H,102,124)(H,103,125)(H,104,120)(H,105,126)(H,106,123)/t56-,65-,69+,70-,71-,72+,73+,74+,75-,76-,77-,78-,79+,80+,81+,83+,92-,93+/m1/s1. The number of nitrogens with zero attached hydrogens (tertiary/aromatic N) is 1. The van der Waals surface area contributed by atoms with E-state index in [0.717, 1.165) is 106 Å². The van der Waals surface area contributed by atoms with Crippen molar-refractivity contribution in [1.29, 1.82) is 0 Å². The minimum Gasteiger partial charge on any atom is -0.508 e. The molecule has 135 heavy (non-hydrogen) atoms. The van der Waals surface area contributed by atoms with Crippen LogP contribution in [0.25, 0.3) is 11.1 Å². The molecule has 40 nitrogen and oxygen atoms in total. The molecule has 8 heterocycles. The van der Waals surface area contributed by atoms with Gasteiger partial charge in [-0.05, 0) is 178 Å². The highest BCUT2D eigenvalue weighted by Crippen LogP contribution is 2.51. The number of fused-ring (bicyclic) bond motifs is 14. The number of phenols is 4. The Bertz CT molecular complexity index is 5480. The number of carbonyl (C=O) groups is 9. The van der Waals surface area contributed by atoms with Crippen molar-refractivity contribution in [1.82, 2.24) is 52.8 Å². The molecule has 24 N–H and O–H groups in total. The Labute approximate surface area is 784 Å².